The molecule has 7 nitrogen and oxygen atoms in total. The van der Waals surface area contributed by atoms with Crippen molar-refractivity contribution >= 4 is 16.9 Å². The number of carbonyl (C=O) groups excluding carboxylic acids is 1. The van der Waals surface area contributed by atoms with E-state index in [0.717, 1.165) is 5.56 Å². The van der Waals surface area contributed by atoms with E-state index in [0.29, 0.717) is 33.8 Å². The molecular formula is C21H19NO6. The lowest BCUT2D eigenvalue weighted by molar-refractivity contribution is 0.0937. The van der Waals surface area contributed by atoms with Gasteiger partial charge in [0.15, 0.2) is 16.9 Å². The molecule has 0 spiro atoms. The van der Waals surface area contributed by atoms with Crippen molar-refractivity contribution in [2.45, 2.75) is 13.0 Å². The minimum absolute atomic E-state index is 0.0279. The van der Waals surface area contributed by atoms with Gasteiger partial charge >= 0.3 is 0 Å². The molecule has 28 heavy (non-hydrogen) atoms. The van der Waals surface area contributed by atoms with Crippen LogP contribution in [-0.2, 0) is 0 Å². The lowest BCUT2D eigenvalue weighted by atomic mass is 9.98. The van der Waals surface area contributed by atoms with Crippen molar-refractivity contribution in [1.29, 1.82) is 0 Å². The average Bonchev–Trinajstić information content (AvgIpc) is 3.04. The smallest absolute Gasteiger partial charge is 0.288 e. The number of fused-ring (bicyclic) bond motifs is 2. The van der Waals surface area contributed by atoms with E-state index in [4.69, 9.17) is 18.6 Å². The maximum Gasteiger partial charge on any atom is 0.288 e. The second kappa shape index (κ2) is 6.60. The Morgan fingerprint density at radius 3 is 2.25 bits per heavy atom. The predicted octanol–water partition coefficient (Wildman–Crippen LogP) is 2.96. The maximum atomic E-state index is 13.2. The van der Waals surface area contributed by atoms with Crippen molar-refractivity contribution < 1.29 is 23.4 Å². The number of nitrogens with one attached hydrogen (secondary N) is 1. The Morgan fingerprint density at radius 2 is 1.64 bits per heavy atom. The number of hydrogen-bond donors (Lipinski definition) is 1. The summed E-state index contributed by atoms with van der Waals surface area (Å²) >= 11 is 0. The van der Waals surface area contributed by atoms with Crippen molar-refractivity contribution in [3.8, 4) is 17.2 Å². The molecule has 0 saturated carbocycles. The highest BCUT2D eigenvalue weighted by molar-refractivity contribution is 5.99. The Morgan fingerprint density at radius 1 is 0.964 bits per heavy atom. The van der Waals surface area contributed by atoms with Gasteiger partial charge in [-0.25, -0.2) is 0 Å². The van der Waals surface area contributed by atoms with Crippen LogP contribution in [-0.4, -0.2) is 27.2 Å². The number of ether oxygens (including phenoxy) is 3. The quantitative estimate of drug-likeness (QED) is 0.748. The van der Waals surface area contributed by atoms with Gasteiger partial charge in [0.05, 0.1) is 38.3 Å². The normalized spacial score (nSPS) is 15.3. The second-order valence-corrected chi connectivity index (χ2v) is 6.54. The molecule has 7 heteroatoms. The van der Waals surface area contributed by atoms with E-state index in [1.54, 1.807) is 24.3 Å². The van der Waals surface area contributed by atoms with Gasteiger partial charge in [-0.3, -0.25) is 9.59 Å². The third kappa shape index (κ3) is 2.58. The van der Waals surface area contributed by atoms with Crippen molar-refractivity contribution in [3.05, 3.63) is 63.0 Å². The molecule has 2 aromatic carbocycles. The number of rotatable bonds is 4. The summed E-state index contributed by atoms with van der Waals surface area (Å²) in [7, 11) is 4.52. The molecule has 1 aliphatic rings. The minimum atomic E-state index is -0.683. The van der Waals surface area contributed by atoms with Crippen LogP contribution in [0, 0.1) is 6.92 Å². The van der Waals surface area contributed by atoms with Gasteiger partial charge in [-0.2, -0.15) is 0 Å². The Balaban J connectivity index is 1.96. The van der Waals surface area contributed by atoms with E-state index in [9.17, 15) is 9.59 Å². The second-order valence-electron chi connectivity index (χ2n) is 6.54. The van der Waals surface area contributed by atoms with E-state index in [1.165, 1.54) is 21.3 Å². The summed E-state index contributed by atoms with van der Waals surface area (Å²) in [5.41, 5.74) is 1.98. The van der Waals surface area contributed by atoms with Gasteiger partial charge in [-0.05, 0) is 36.8 Å². The molecule has 0 bridgehead atoms. The van der Waals surface area contributed by atoms with Crippen LogP contribution in [0.25, 0.3) is 11.0 Å². The Kier molecular flexibility index (Phi) is 4.22. The number of benzene rings is 2. The molecule has 1 aliphatic heterocycles. The van der Waals surface area contributed by atoms with E-state index in [1.807, 2.05) is 13.0 Å². The van der Waals surface area contributed by atoms with Gasteiger partial charge in [-0.1, -0.05) is 11.6 Å². The molecule has 1 amide bonds. The molecule has 1 aromatic heterocycles. The number of carbonyl (C=O) groups is 1. The third-order valence-corrected chi connectivity index (χ3v) is 4.87. The summed E-state index contributed by atoms with van der Waals surface area (Å²) in [6, 6.07) is 8.03. The highest BCUT2D eigenvalue weighted by Gasteiger charge is 2.36. The number of methoxy groups -OCH3 is 3. The van der Waals surface area contributed by atoms with E-state index >= 15 is 0 Å². The average molecular weight is 381 g/mol. The summed E-state index contributed by atoms with van der Waals surface area (Å²) in [6.07, 6.45) is 0. The molecule has 1 atom stereocenters. The fourth-order valence-corrected chi connectivity index (χ4v) is 3.54. The van der Waals surface area contributed by atoms with Gasteiger partial charge in [0.1, 0.15) is 5.58 Å². The zero-order chi connectivity index (χ0) is 20.0. The molecule has 0 aliphatic carbocycles. The third-order valence-electron chi connectivity index (χ3n) is 4.87. The van der Waals surface area contributed by atoms with Crippen LogP contribution in [0.15, 0.2) is 39.5 Å². The molecule has 0 radical (unpaired) electrons. The molecule has 4 rings (SSSR count). The zero-order valence-electron chi connectivity index (χ0n) is 15.9. The zero-order valence-corrected chi connectivity index (χ0v) is 15.9. The van der Waals surface area contributed by atoms with Crippen molar-refractivity contribution in [1.82, 2.24) is 5.32 Å². The van der Waals surface area contributed by atoms with Crippen LogP contribution in [0.2, 0.25) is 0 Å². The molecule has 1 unspecified atom stereocenters. The highest BCUT2D eigenvalue weighted by atomic mass is 16.5. The topological polar surface area (TPSA) is 87.0 Å². The summed E-state index contributed by atoms with van der Waals surface area (Å²) in [4.78, 5) is 25.7. The van der Waals surface area contributed by atoms with Crippen molar-refractivity contribution in [2.24, 2.45) is 0 Å². The summed E-state index contributed by atoms with van der Waals surface area (Å²) in [6.45, 7) is 1.90. The van der Waals surface area contributed by atoms with E-state index in [2.05, 4.69) is 5.32 Å². The monoisotopic (exact) mass is 381 g/mol. The SMILES string of the molecule is COc1cc(C2NC(=O)c3oc4ccc(C)cc4c(=O)c32)cc(OC)c1OC. The van der Waals surface area contributed by atoms with Crippen LogP contribution in [0.4, 0.5) is 0 Å². The van der Waals surface area contributed by atoms with E-state index < -0.39 is 11.9 Å². The summed E-state index contributed by atoms with van der Waals surface area (Å²) < 4.78 is 21.9. The fraction of sp³-hybridized carbons (Fsp3) is 0.238. The Hall–Kier alpha value is -3.48. The lowest BCUT2D eigenvalue weighted by Crippen LogP contribution is -2.22. The molecule has 144 valence electrons. The van der Waals surface area contributed by atoms with Gasteiger partial charge in [0, 0.05) is 0 Å². The van der Waals surface area contributed by atoms with Gasteiger partial charge in [-0.15, -0.1) is 0 Å². The predicted molar refractivity (Wildman–Crippen MR) is 103 cm³/mol. The van der Waals surface area contributed by atoms with Gasteiger partial charge in [0.25, 0.3) is 5.91 Å². The molecular weight excluding hydrogens is 362 g/mol. The molecule has 0 saturated heterocycles. The highest BCUT2D eigenvalue weighted by Crippen LogP contribution is 2.42. The van der Waals surface area contributed by atoms with Crippen LogP contribution in [0.3, 0.4) is 0 Å². The summed E-state index contributed by atoms with van der Waals surface area (Å²) in [5, 5.41) is 3.26. The van der Waals surface area contributed by atoms with Gasteiger partial charge < -0.3 is 23.9 Å². The van der Waals surface area contributed by atoms with Crippen molar-refractivity contribution in [3.63, 3.8) is 0 Å². The van der Waals surface area contributed by atoms with Crippen LogP contribution in [0.1, 0.15) is 33.3 Å². The molecule has 0 fully saturated rings. The number of amides is 1. The van der Waals surface area contributed by atoms with Crippen molar-refractivity contribution in [2.75, 3.05) is 21.3 Å². The van der Waals surface area contributed by atoms with Gasteiger partial charge in [0.2, 0.25) is 11.5 Å². The largest absolute Gasteiger partial charge is 0.493 e. The fourth-order valence-electron chi connectivity index (χ4n) is 3.54. The van der Waals surface area contributed by atoms with Crippen LogP contribution >= 0.6 is 0 Å². The first-order valence-corrected chi connectivity index (χ1v) is 8.66. The van der Waals surface area contributed by atoms with Crippen LogP contribution < -0.4 is 25.0 Å². The first-order chi connectivity index (χ1) is 13.5. The van der Waals surface area contributed by atoms with Crippen LogP contribution in [0.5, 0.6) is 17.2 Å². The number of hydrogen-bond acceptors (Lipinski definition) is 6. The number of aryl methyl sites for hydroxylation is 1. The minimum Gasteiger partial charge on any atom is -0.493 e. The maximum absolute atomic E-state index is 13.2. The first kappa shape index (κ1) is 17.9. The Labute approximate surface area is 160 Å². The lowest BCUT2D eigenvalue weighted by Gasteiger charge is -2.17. The standard InChI is InChI=1S/C21H19NO6/c1-10-5-6-13-12(7-10)18(23)16-17(22-21(24)20(16)28-13)11-8-14(25-2)19(27-4)15(9-11)26-3/h5-9,17H,1-4H3,(H,22,24). The Bertz CT molecular complexity index is 1140. The molecule has 3 aromatic rings. The van der Waals surface area contributed by atoms with E-state index in [-0.39, 0.29) is 16.8 Å². The first-order valence-electron chi connectivity index (χ1n) is 8.66. The molecule has 1 N–H and O–H groups in total. The summed E-state index contributed by atoms with van der Waals surface area (Å²) in [5.74, 6) is 0.883. The molecule has 2 heterocycles.